The van der Waals surface area contributed by atoms with Gasteiger partial charge in [-0.25, -0.2) is 0 Å². The van der Waals surface area contributed by atoms with Crippen molar-refractivity contribution in [2.45, 2.75) is 51.0 Å². The van der Waals surface area contributed by atoms with Crippen LogP contribution in [-0.4, -0.2) is 64.3 Å². The number of nitrogens with one attached hydrogen (secondary N) is 2. The summed E-state index contributed by atoms with van der Waals surface area (Å²) < 4.78 is 0. The summed E-state index contributed by atoms with van der Waals surface area (Å²) >= 11 is 1.38. The van der Waals surface area contributed by atoms with E-state index in [1.807, 2.05) is 30.3 Å². The molecule has 0 unspecified atom stereocenters. The molecule has 1 saturated heterocycles. The minimum absolute atomic E-state index is 0.0724. The molecule has 31 heavy (non-hydrogen) atoms. The smallest absolute Gasteiger partial charge is 0.230 e. The molecule has 0 radical (unpaired) electrons. The van der Waals surface area contributed by atoms with Crippen molar-refractivity contribution in [3.8, 4) is 0 Å². The normalized spacial score (nSPS) is 15.0. The maximum absolute atomic E-state index is 12.1. The Kier molecular flexibility index (Phi) is 9.39. The lowest BCUT2D eigenvalue weighted by Crippen LogP contribution is -2.40. The van der Waals surface area contributed by atoms with Gasteiger partial charge in [0, 0.05) is 39.0 Å². The third-order valence-electron chi connectivity index (χ3n) is 5.27. The first-order valence-electron chi connectivity index (χ1n) is 10.9. The Balaban J connectivity index is 1.25. The summed E-state index contributed by atoms with van der Waals surface area (Å²) in [7, 11) is 0. The Morgan fingerprint density at radius 3 is 2.65 bits per heavy atom. The minimum atomic E-state index is -0.166. The van der Waals surface area contributed by atoms with E-state index in [1.54, 1.807) is 0 Å². The van der Waals surface area contributed by atoms with Gasteiger partial charge in [0.15, 0.2) is 0 Å². The van der Waals surface area contributed by atoms with Gasteiger partial charge in [-0.1, -0.05) is 41.7 Å². The number of aromatic nitrogens is 2. The standard InChI is InChI=1S/C22H31N5O3S/c28-18-10-13-27(14-11-18)15-12-23-19(29)8-4-5-9-21-25-26-22(31-21)24-20(30)16-17-6-2-1-3-7-17/h1-3,6-7,18,28H,4-5,8-16H2,(H,23,29)(H,24,26,30). The van der Waals surface area contributed by atoms with Gasteiger partial charge in [-0.15, -0.1) is 10.2 Å². The average molecular weight is 446 g/mol. The number of amides is 2. The van der Waals surface area contributed by atoms with Crippen LogP contribution >= 0.6 is 11.3 Å². The molecule has 2 amide bonds. The number of piperidine rings is 1. The number of aliphatic hydroxyl groups excluding tert-OH is 1. The second kappa shape index (κ2) is 12.5. The van der Waals surface area contributed by atoms with Gasteiger partial charge in [0.25, 0.3) is 0 Å². The molecule has 1 fully saturated rings. The van der Waals surface area contributed by atoms with Crippen molar-refractivity contribution >= 4 is 28.3 Å². The molecule has 1 aliphatic heterocycles. The highest BCUT2D eigenvalue weighted by Gasteiger charge is 2.16. The van der Waals surface area contributed by atoms with Crippen LogP contribution in [0.5, 0.6) is 0 Å². The predicted molar refractivity (Wildman–Crippen MR) is 121 cm³/mol. The second-order valence-corrected chi connectivity index (χ2v) is 8.90. The molecule has 9 heteroatoms. The number of hydrogen-bond donors (Lipinski definition) is 3. The number of likely N-dealkylation sites (tertiary alicyclic amines) is 1. The van der Waals surface area contributed by atoms with Crippen molar-refractivity contribution in [3.05, 3.63) is 40.9 Å². The van der Waals surface area contributed by atoms with Gasteiger partial charge < -0.3 is 20.6 Å². The number of aliphatic hydroxyl groups is 1. The highest BCUT2D eigenvalue weighted by molar-refractivity contribution is 7.15. The van der Waals surface area contributed by atoms with E-state index in [-0.39, 0.29) is 17.9 Å². The number of nitrogens with zero attached hydrogens (tertiary/aromatic N) is 3. The van der Waals surface area contributed by atoms with Crippen molar-refractivity contribution < 1.29 is 14.7 Å². The monoisotopic (exact) mass is 445 g/mol. The van der Waals surface area contributed by atoms with Crippen LogP contribution < -0.4 is 10.6 Å². The second-order valence-electron chi connectivity index (χ2n) is 7.84. The Labute approximate surface area is 187 Å². The zero-order valence-corrected chi connectivity index (χ0v) is 18.6. The minimum Gasteiger partial charge on any atom is -0.393 e. The molecule has 0 atom stereocenters. The van der Waals surface area contributed by atoms with E-state index in [9.17, 15) is 14.7 Å². The fourth-order valence-corrected chi connectivity index (χ4v) is 4.29. The van der Waals surface area contributed by atoms with Gasteiger partial charge in [0.1, 0.15) is 5.01 Å². The molecule has 1 aromatic heterocycles. The van der Waals surface area contributed by atoms with E-state index in [1.165, 1.54) is 11.3 Å². The largest absolute Gasteiger partial charge is 0.393 e. The van der Waals surface area contributed by atoms with Gasteiger partial charge in [-0.05, 0) is 31.2 Å². The van der Waals surface area contributed by atoms with Gasteiger partial charge in [-0.2, -0.15) is 0 Å². The molecule has 168 valence electrons. The molecule has 2 aromatic rings. The van der Waals surface area contributed by atoms with Crippen LogP contribution in [0.25, 0.3) is 0 Å². The van der Waals surface area contributed by atoms with Crippen molar-refractivity contribution in [3.63, 3.8) is 0 Å². The summed E-state index contributed by atoms with van der Waals surface area (Å²) in [5.41, 5.74) is 0.956. The first-order valence-corrected chi connectivity index (χ1v) is 11.7. The molecule has 1 aliphatic rings. The van der Waals surface area contributed by atoms with E-state index in [2.05, 4.69) is 25.7 Å². The zero-order chi connectivity index (χ0) is 21.9. The van der Waals surface area contributed by atoms with Crippen LogP contribution in [0.15, 0.2) is 30.3 Å². The molecule has 0 saturated carbocycles. The van der Waals surface area contributed by atoms with Crippen molar-refractivity contribution in [1.82, 2.24) is 20.4 Å². The highest BCUT2D eigenvalue weighted by Crippen LogP contribution is 2.18. The molecular weight excluding hydrogens is 414 g/mol. The zero-order valence-electron chi connectivity index (χ0n) is 17.8. The van der Waals surface area contributed by atoms with Crippen molar-refractivity contribution in [2.75, 3.05) is 31.5 Å². The summed E-state index contributed by atoms with van der Waals surface area (Å²) in [5.74, 6) is -0.0329. The number of carbonyl (C=O) groups is 2. The lowest BCUT2D eigenvalue weighted by Gasteiger charge is -2.29. The number of unbranched alkanes of at least 4 members (excludes halogenated alkanes) is 1. The van der Waals surface area contributed by atoms with Crippen LogP contribution in [0.3, 0.4) is 0 Å². The van der Waals surface area contributed by atoms with Gasteiger partial charge in [0.2, 0.25) is 16.9 Å². The third kappa shape index (κ3) is 8.72. The van der Waals surface area contributed by atoms with Gasteiger partial charge >= 0.3 is 0 Å². The van der Waals surface area contributed by atoms with Crippen molar-refractivity contribution in [1.29, 1.82) is 0 Å². The van der Waals surface area contributed by atoms with Crippen molar-refractivity contribution in [2.24, 2.45) is 0 Å². The molecule has 0 spiro atoms. The number of rotatable bonds is 11. The number of benzene rings is 1. The molecule has 0 bridgehead atoms. The van der Waals surface area contributed by atoms with E-state index in [0.29, 0.717) is 24.5 Å². The van der Waals surface area contributed by atoms with Crippen LogP contribution in [0, 0.1) is 0 Å². The van der Waals surface area contributed by atoms with Gasteiger partial charge in [0.05, 0.1) is 12.5 Å². The fraction of sp³-hybridized carbons (Fsp3) is 0.545. The first kappa shape index (κ1) is 23.3. The SMILES string of the molecule is O=C(CCCCc1nnc(NC(=O)Cc2ccccc2)s1)NCCN1CCC(O)CC1. The Morgan fingerprint density at radius 2 is 1.87 bits per heavy atom. The number of anilines is 1. The molecule has 1 aromatic carbocycles. The lowest BCUT2D eigenvalue weighted by atomic mass is 10.1. The number of aryl methyl sites for hydroxylation is 1. The highest BCUT2D eigenvalue weighted by atomic mass is 32.1. The topological polar surface area (TPSA) is 107 Å². The summed E-state index contributed by atoms with van der Waals surface area (Å²) in [6.45, 7) is 3.28. The van der Waals surface area contributed by atoms with Crippen LogP contribution in [0.1, 0.15) is 42.7 Å². The molecular formula is C22H31N5O3S. The van der Waals surface area contributed by atoms with Crippen LogP contribution in [0.2, 0.25) is 0 Å². The molecule has 0 aliphatic carbocycles. The number of hydrogen-bond acceptors (Lipinski definition) is 7. The Hall–Kier alpha value is -2.36. The molecule has 8 nitrogen and oxygen atoms in total. The summed E-state index contributed by atoms with van der Waals surface area (Å²) in [4.78, 5) is 26.4. The fourth-order valence-electron chi connectivity index (χ4n) is 3.50. The average Bonchev–Trinajstić information content (AvgIpc) is 3.20. The maximum atomic E-state index is 12.1. The van der Waals surface area contributed by atoms with E-state index < -0.39 is 0 Å². The predicted octanol–water partition coefficient (Wildman–Crippen LogP) is 2.00. The number of carbonyl (C=O) groups excluding carboxylic acids is 2. The Morgan fingerprint density at radius 1 is 1.10 bits per heavy atom. The van der Waals surface area contributed by atoms with Crippen LogP contribution in [-0.2, 0) is 22.4 Å². The Bertz CT molecular complexity index is 822. The van der Waals surface area contributed by atoms with Crippen LogP contribution in [0.4, 0.5) is 5.13 Å². The van der Waals surface area contributed by atoms with E-state index in [0.717, 1.165) is 62.3 Å². The third-order valence-corrected chi connectivity index (χ3v) is 6.17. The molecule has 3 N–H and O–H groups in total. The summed E-state index contributed by atoms with van der Waals surface area (Å²) in [6.07, 6.45) is 4.66. The molecule has 3 rings (SSSR count). The quantitative estimate of drug-likeness (QED) is 0.457. The van der Waals surface area contributed by atoms with E-state index >= 15 is 0 Å². The summed E-state index contributed by atoms with van der Waals surface area (Å²) in [6, 6.07) is 9.57. The van der Waals surface area contributed by atoms with E-state index in [4.69, 9.17) is 0 Å². The summed E-state index contributed by atoms with van der Waals surface area (Å²) in [5, 5.41) is 24.8. The lowest BCUT2D eigenvalue weighted by molar-refractivity contribution is -0.121. The van der Waals surface area contributed by atoms with Gasteiger partial charge in [-0.3, -0.25) is 9.59 Å². The molecule has 2 heterocycles. The first-order chi connectivity index (χ1) is 15.1. The maximum Gasteiger partial charge on any atom is 0.230 e.